The minimum Gasteiger partial charge on any atom is -0.0622 e. The normalized spacial score (nSPS) is 11.6. The van der Waals surface area contributed by atoms with Gasteiger partial charge in [0.15, 0.2) is 0 Å². The summed E-state index contributed by atoms with van der Waals surface area (Å²) in [5, 5.41) is 12.6. The number of rotatable bonds is 4. The maximum Gasteiger partial charge on any atom is -0.000763 e. The van der Waals surface area contributed by atoms with Crippen molar-refractivity contribution in [1.82, 2.24) is 0 Å². The summed E-state index contributed by atoms with van der Waals surface area (Å²) in [6.07, 6.45) is 0. The van der Waals surface area contributed by atoms with Gasteiger partial charge in [-0.2, -0.15) is 0 Å². The Morgan fingerprint density at radius 2 is 0.660 bits per heavy atom. The van der Waals surface area contributed by atoms with Crippen LogP contribution in [0.4, 0.5) is 0 Å². The van der Waals surface area contributed by atoms with Crippen molar-refractivity contribution >= 4 is 53.9 Å². The molecule has 0 amide bonds. The van der Waals surface area contributed by atoms with Gasteiger partial charge < -0.3 is 0 Å². The predicted molar refractivity (Wildman–Crippen MR) is 216 cm³/mol. The van der Waals surface area contributed by atoms with Crippen molar-refractivity contribution in [3.8, 4) is 44.5 Å². The van der Waals surface area contributed by atoms with E-state index in [9.17, 15) is 0 Å². The summed E-state index contributed by atoms with van der Waals surface area (Å²) in [6, 6.07) is 71.5. The van der Waals surface area contributed by atoms with Crippen molar-refractivity contribution in [2.24, 2.45) is 0 Å². The highest BCUT2D eigenvalue weighted by Crippen LogP contribution is 2.54. The molecule has 0 aliphatic rings. The molecule has 0 radical (unpaired) electrons. The zero-order valence-corrected chi connectivity index (χ0v) is 27.5. The molecule has 10 rings (SSSR count). The Labute approximate surface area is 291 Å². The SMILES string of the molecule is c1ccc(-c2c(-c3cccc4ccccc34)c(-c3cccc4c3ccc3ccccc34)c3ccc4ccccc4c3c2-c2ccccc2)cc1. The third-order valence-electron chi connectivity index (χ3n) is 10.4. The molecule has 0 spiro atoms. The second kappa shape index (κ2) is 11.6. The first-order chi connectivity index (χ1) is 24.8. The van der Waals surface area contributed by atoms with Crippen molar-refractivity contribution in [3.05, 3.63) is 194 Å². The Hall–Kier alpha value is -6.50. The lowest BCUT2D eigenvalue weighted by Crippen LogP contribution is -1.99. The molecule has 50 heavy (non-hydrogen) atoms. The lowest BCUT2D eigenvalue weighted by Gasteiger charge is -2.26. The molecule has 0 unspecified atom stereocenters. The Morgan fingerprint density at radius 1 is 0.200 bits per heavy atom. The molecule has 0 aliphatic carbocycles. The summed E-state index contributed by atoms with van der Waals surface area (Å²) in [5.41, 5.74) is 9.94. The molecule has 0 heterocycles. The van der Waals surface area contributed by atoms with E-state index < -0.39 is 0 Å². The fourth-order valence-electron chi connectivity index (χ4n) is 8.30. The standard InChI is InChI=1S/C50H32/c1-3-18-36(19-4-1)46-47(37-20-5-2-6-21-37)50(43-27-13-22-33-15-7-11-24-39(33)43)49(45-32-30-35-17-9-12-25-40(35)48(45)46)44-28-14-26-41-38-23-10-8-16-34(38)29-31-42(41)44/h1-32H. The third-order valence-corrected chi connectivity index (χ3v) is 10.4. The Balaban J connectivity index is 1.53. The molecule has 10 aromatic rings. The van der Waals surface area contributed by atoms with Gasteiger partial charge in [0.25, 0.3) is 0 Å². The lowest BCUT2D eigenvalue weighted by atomic mass is 9.76. The molecular formula is C50H32. The predicted octanol–water partition coefficient (Wildman–Crippen LogP) is 14.1. The van der Waals surface area contributed by atoms with Gasteiger partial charge in [-0.25, -0.2) is 0 Å². The molecule has 0 atom stereocenters. The largest absolute Gasteiger partial charge is 0.0622 e. The van der Waals surface area contributed by atoms with E-state index in [0.717, 1.165) is 0 Å². The molecule has 0 fully saturated rings. The van der Waals surface area contributed by atoms with E-state index in [0.29, 0.717) is 0 Å². The van der Waals surface area contributed by atoms with Crippen LogP contribution in [0.15, 0.2) is 194 Å². The van der Waals surface area contributed by atoms with Crippen molar-refractivity contribution in [3.63, 3.8) is 0 Å². The van der Waals surface area contributed by atoms with Crippen LogP contribution in [-0.2, 0) is 0 Å². The van der Waals surface area contributed by atoms with Gasteiger partial charge >= 0.3 is 0 Å². The molecule has 0 N–H and O–H groups in total. The van der Waals surface area contributed by atoms with E-state index in [2.05, 4.69) is 194 Å². The van der Waals surface area contributed by atoms with Gasteiger partial charge in [0.05, 0.1) is 0 Å². The van der Waals surface area contributed by atoms with E-state index in [-0.39, 0.29) is 0 Å². The lowest BCUT2D eigenvalue weighted by molar-refractivity contribution is 1.59. The van der Waals surface area contributed by atoms with Crippen LogP contribution in [0.1, 0.15) is 0 Å². The molecular weight excluding hydrogens is 601 g/mol. The van der Waals surface area contributed by atoms with Gasteiger partial charge in [-0.3, -0.25) is 0 Å². The fourth-order valence-corrected chi connectivity index (χ4v) is 8.30. The van der Waals surface area contributed by atoms with Gasteiger partial charge in [0, 0.05) is 0 Å². The van der Waals surface area contributed by atoms with Crippen molar-refractivity contribution in [2.45, 2.75) is 0 Å². The third kappa shape index (κ3) is 4.39. The minimum atomic E-state index is 1.20. The summed E-state index contributed by atoms with van der Waals surface area (Å²) in [7, 11) is 0. The molecule has 0 bridgehead atoms. The first-order valence-electron chi connectivity index (χ1n) is 17.4. The number of benzene rings is 10. The summed E-state index contributed by atoms with van der Waals surface area (Å²) in [5.74, 6) is 0. The van der Waals surface area contributed by atoms with Crippen LogP contribution in [0.3, 0.4) is 0 Å². The first-order valence-corrected chi connectivity index (χ1v) is 17.4. The highest BCUT2D eigenvalue weighted by molar-refractivity contribution is 6.28. The molecule has 0 nitrogen and oxygen atoms in total. The van der Waals surface area contributed by atoms with Crippen LogP contribution < -0.4 is 0 Å². The van der Waals surface area contributed by atoms with Gasteiger partial charge in [-0.15, -0.1) is 0 Å². The smallest absolute Gasteiger partial charge is 0.000763 e. The van der Waals surface area contributed by atoms with Crippen LogP contribution >= 0.6 is 0 Å². The zero-order chi connectivity index (χ0) is 33.0. The van der Waals surface area contributed by atoms with Gasteiger partial charge in [0.2, 0.25) is 0 Å². The summed E-state index contributed by atoms with van der Waals surface area (Å²) in [4.78, 5) is 0. The highest BCUT2D eigenvalue weighted by atomic mass is 14.3. The van der Waals surface area contributed by atoms with Crippen molar-refractivity contribution < 1.29 is 0 Å². The molecule has 0 heteroatoms. The highest BCUT2D eigenvalue weighted by Gasteiger charge is 2.26. The van der Waals surface area contributed by atoms with Gasteiger partial charge in [-0.1, -0.05) is 194 Å². The Kier molecular flexibility index (Phi) is 6.60. The van der Waals surface area contributed by atoms with Crippen LogP contribution in [0.5, 0.6) is 0 Å². The topological polar surface area (TPSA) is 0 Å². The summed E-state index contributed by atoms with van der Waals surface area (Å²) >= 11 is 0. The van der Waals surface area contributed by atoms with E-state index >= 15 is 0 Å². The summed E-state index contributed by atoms with van der Waals surface area (Å²) < 4.78 is 0. The maximum atomic E-state index is 2.38. The second-order valence-corrected chi connectivity index (χ2v) is 13.2. The molecule has 0 saturated heterocycles. The monoisotopic (exact) mass is 632 g/mol. The first kappa shape index (κ1) is 28.5. The number of hydrogen-bond donors (Lipinski definition) is 0. The molecule has 0 aromatic heterocycles. The Morgan fingerprint density at radius 3 is 1.36 bits per heavy atom. The van der Waals surface area contributed by atoms with E-state index in [1.807, 2.05) is 0 Å². The van der Waals surface area contributed by atoms with Crippen LogP contribution in [0.2, 0.25) is 0 Å². The number of hydrogen-bond acceptors (Lipinski definition) is 0. The summed E-state index contributed by atoms with van der Waals surface area (Å²) in [6.45, 7) is 0. The van der Waals surface area contributed by atoms with Gasteiger partial charge in [-0.05, 0) is 98.4 Å². The average molecular weight is 633 g/mol. The molecule has 0 saturated carbocycles. The second-order valence-electron chi connectivity index (χ2n) is 13.2. The molecule has 10 aromatic carbocycles. The van der Waals surface area contributed by atoms with E-state index in [4.69, 9.17) is 0 Å². The number of fused-ring (bicyclic) bond motifs is 7. The fraction of sp³-hybridized carbons (Fsp3) is 0. The van der Waals surface area contributed by atoms with Crippen LogP contribution in [-0.4, -0.2) is 0 Å². The molecule has 232 valence electrons. The van der Waals surface area contributed by atoms with Crippen LogP contribution in [0, 0.1) is 0 Å². The van der Waals surface area contributed by atoms with Crippen molar-refractivity contribution in [2.75, 3.05) is 0 Å². The van der Waals surface area contributed by atoms with Crippen molar-refractivity contribution in [1.29, 1.82) is 0 Å². The van der Waals surface area contributed by atoms with E-state index in [1.54, 1.807) is 0 Å². The average Bonchev–Trinajstić information content (AvgIpc) is 3.20. The minimum absolute atomic E-state index is 1.20. The maximum absolute atomic E-state index is 2.38. The quantitative estimate of drug-likeness (QED) is 0.169. The van der Waals surface area contributed by atoms with Gasteiger partial charge in [0.1, 0.15) is 0 Å². The molecule has 0 aliphatic heterocycles. The van der Waals surface area contributed by atoms with E-state index in [1.165, 1.54) is 98.4 Å². The Bertz CT molecular complexity index is 2890. The van der Waals surface area contributed by atoms with Crippen LogP contribution in [0.25, 0.3) is 98.4 Å². The zero-order valence-electron chi connectivity index (χ0n) is 27.5.